The van der Waals surface area contributed by atoms with Gasteiger partial charge in [-0.2, -0.15) is 5.26 Å². The van der Waals surface area contributed by atoms with Crippen molar-refractivity contribution in [3.8, 4) is 6.07 Å². The van der Waals surface area contributed by atoms with Crippen LogP contribution in [-0.4, -0.2) is 55.4 Å². The van der Waals surface area contributed by atoms with E-state index in [9.17, 15) is 9.18 Å². The number of hydrogen-bond acceptors (Lipinski definition) is 5. The topological polar surface area (TPSA) is 85.8 Å². The van der Waals surface area contributed by atoms with Gasteiger partial charge in [-0.25, -0.2) is 9.18 Å². The van der Waals surface area contributed by atoms with E-state index in [0.717, 1.165) is 12.0 Å². The molecule has 3 rings (SSSR count). The van der Waals surface area contributed by atoms with E-state index in [1.54, 1.807) is 30.2 Å². The second-order valence-corrected chi connectivity index (χ2v) is 7.83. The number of allylic oxidation sites excluding steroid dienone is 1. The highest BCUT2D eigenvalue weighted by Crippen LogP contribution is 2.32. The molecule has 0 aliphatic carbocycles. The molecule has 0 aromatic heterocycles. The van der Waals surface area contributed by atoms with Gasteiger partial charge in [-0.3, -0.25) is 4.90 Å². The molecule has 7 nitrogen and oxygen atoms in total. The van der Waals surface area contributed by atoms with Gasteiger partial charge < -0.3 is 20.3 Å². The Morgan fingerprint density at radius 2 is 2.28 bits per heavy atom. The number of cyclic esters (lactones) is 1. The number of anilines is 2. The summed E-state index contributed by atoms with van der Waals surface area (Å²) in [5.41, 5.74) is 7.60. The molecular weight excluding hydrogens is 393 g/mol. The monoisotopic (exact) mass is 417 g/mol. The van der Waals surface area contributed by atoms with Crippen molar-refractivity contribution in [2.45, 2.75) is 19.4 Å². The van der Waals surface area contributed by atoms with Gasteiger partial charge in [0.15, 0.2) is 5.11 Å². The first-order valence-corrected chi connectivity index (χ1v) is 9.82. The van der Waals surface area contributed by atoms with Gasteiger partial charge >= 0.3 is 6.09 Å². The molecule has 154 valence electrons. The first-order valence-electron chi connectivity index (χ1n) is 9.42. The van der Waals surface area contributed by atoms with Crippen molar-refractivity contribution >= 4 is 34.8 Å². The van der Waals surface area contributed by atoms with Crippen LogP contribution >= 0.6 is 12.2 Å². The Bertz CT molecular complexity index is 884. The second kappa shape index (κ2) is 8.66. The van der Waals surface area contributed by atoms with Crippen LogP contribution in [0, 0.1) is 23.1 Å². The minimum atomic E-state index is -0.517. The van der Waals surface area contributed by atoms with E-state index in [2.05, 4.69) is 6.07 Å². The molecule has 2 atom stereocenters. The maximum absolute atomic E-state index is 14.9. The largest absolute Gasteiger partial charge is 0.442 e. The lowest BCUT2D eigenvalue weighted by Gasteiger charge is -2.34. The Balaban J connectivity index is 1.70. The summed E-state index contributed by atoms with van der Waals surface area (Å²) < 4.78 is 20.2. The van der Waals surface area contributed by atoms with Crippen molar-refractivity contribution in [2.75, 3.05) is 43.0 Å². The Labute approximate surface area is 175 Å². The highest BCUT2D eigenvalue weighted by Gasteiger charge is 2.34. The maximum Gasteiger partial charge on any atom is 0.414 e. The van der Waals surface area contributed by atoms with Crippen LogP contribution in [0.5, 0.6) is 0 Å². The van der Waals surface area contributed by atoms with Crippen LogP contribution in [0.4, 0.5) is 20.6 Å². The van der Waals surface area contributed by atoms with Gasteiger partial charge in [-0.1, -0.05) is 12.5 Å². The normalized spacial score (nSPS) is 23.1. The summed E-state index contributed by atoms with van der Waals surface area (Å²) in [6.07, 6.45) is 1.40. The summed E-state index contributed by atoms with van der Waals surface area (Å²) in [7, 11) is 1.73. The van der Waals surface area contributed by atoms with Crippen molar-refractivity contribution < 1.29 is 13.9 Å². The highest BCUT2D eigenvalue weighted by atomic mass is 32.1. The summed E-state index contributed by atoms with van der Waals surface area (Å²) in [6, 6.07) is 6.86. The summed E-state index contributed by atoms with van der Waals surface area (Å²) in [5.74, 6) is -0.207. The standard InChI is InChI=1S/C20H24FN5O2S/c1-13-10-25(8-6-14(13)5-7-22)18-4-3-15(9-17(18)21)26-12-16(28-20(26)27)11-24(2)19(23)29/h3-5,9,13,16H,6,8,10-12H2,1-2H3,(H2,23,29)/b14-5+/t13?,16-/m1/s1. The molecule has 2 aliphatic rings. The van der Waals surface area contributed by atoms with Crippen LogP contribution in [0.3, 0.4) is 0 Å². The molecule has 2 aliphatic heterocycles. The van der Waals surface area contributed by atoms with Crippen molar-refractivity contribution in [1.82, 2.24) is 4.90 Å². The third-order valence-electron chi connectivity index (χ3n) is 5.36. The zero-order valence-corrected chi connectivity index (χ0v) is 17.3. The second-order valence-electron chi connectivity index (χ2n) is 7.42. The number of thiocarbonyl (C=S) groups is 1. The number of hydrogen-bond donors (Lipinski definition) is 1. The van der Waals surface area contributed by atoms with Crippen LogP contribution in [0.2, 0.25) is 0 Å². The Kier molecular flexibility index (Phi) is 6.23. The number of amides is 1. The van der Waals surface area contributed by atoms with E-state index in [4.69, 9.17) is 28.0 Å². The number of benzene rings is 1. The van der Waals surface area contributed by atoms with E-state index in [1.807, 2.05) is 11.8 Å². The lowest BCUT2D eigenvalue weighted by molar-refractivity contribution is 0.130. The van der Waals surface area contributed by atoms with E-state index in [-0.39, 0.29) is 16.8 Å². The van der Waals surface area contributed by atoms with E-state index in [1.165, 1.54) is 11.0 Å². The fourth-order valence-electron chi connectivity index (χ4n) is 3.71. The molecule has 0 spiro atoms. The number of carbonyl (C=O) groups excluding carboxylic acids is 1. The number of carbonyl (C=O) groups is 1. The number of piperidine rings is 1. The van der Waals surface area contributed by atoms with Crippen molar-refractivity contribution in [3.63, 3.8) is 0 Å². The molecule has 1 unspecified atom stereocenters. The van der Waals surface area contributed by atoms with Crippen molar-refractivity contribution in [1.29, 1.82) is 5.26 Å². The average molecular weight is 418 g/mol. The Morgan fingerprint density at radius 1 is 1.52 bits per heavy atom. The van der Waals surface area contributed by atoms with Crippen molar-refractivity contribution in [3.05, 3.63) is 35.7 Å². The fourth-order valence-corrected chi connectivity index (χ4v) is 3.78. The van der Waals surface area contributed by atoms with E-state index < -0.39 is 12.2 Å². The number of likely N-dealkylation sites (N-methyl/N-ethyl adjacent to an activating group) is 1. The Morgan fingerprint density at radius 3 is 2.90 bits per heavy atom. The van der Waals surface area contributed by atoms with Gasteiger partial charge in [0.1, 0.15) is 11.9 Å². The third kappa shape index (κ3) is 4.59. The minimum absolute atomic E-state index is 0.183. The van der Waals surface area contributed by atoms with Crippen LogP contribution in [0.25, 0.3) is 0 Å². The lowest BCUT2D eigenvalue weighted by atomic mass is 9.92. The lowest BCUT2D eigenvalue weighted by Crippen LogP contribution is -2.39. The van der Waals surface area contributed by atoms with E-state index in [0.29, 0.717) is 37.6 Å². The van der Waals surface area contributed by atoms with Gasteiger partial charge in [-0.05, 0) is 42.8 Å². The predicted molar refractivity (Wildman–Crippen MR) is 113 cm³/mol. The molecule has 9 heteroatoms. The number of nitrogens with two attached hydrogens (primary N) is 1. The van der Waals surface area contributed by atoms with Gasteiger partial charge in [0.25, 0.3) is 0 Å². The SMILES string of the molecule is CC1CN(c2ccc(N3C[C@@H](CN(C)C(N)=S)OC3=O)cc2F)CC/C1=C\C#N. The molecule has 2 N–H and O–H groups in total. The molecule has 1 aromatic rings. The van der Waals surface area contributed by atoms with Crippen LogP contribution in [0.15, 0.2) is 29.8 Å². The van der Waals surface area contributed by atoms with Crippen LogP contribution in [0.1, 0.15) is 13.3 Å². The van der Waals surface area contributed by atoms with Gasteiger partial charge in [0.05, 0.1) is 30.5 Å². The smallest absolute Gasteiger partial charge is 0.414 e. The number of nitriles is 1. The van der Waals surface area contributed by atoms with Gasteiger partial charge in [-0.15, -0.1) is 0 Å². The predicted octanol–water partition coefficient (Wildman–Crippen LogP) is 2.62. The number of rotatable bonds is 4. The fraction of sp³-hybridized carbons (Fsp3) is 0.450. The maximum atomic E-state index is 14.9. The first-order chi connectivity index (χ1) is 13.8. The average Bonchev–Trinajstić information content (AvgIpc) is 3.03. The zero-order valence-electron chi connectivity index (χ0n) is 16.5. The molecule has 0 radical (unpaired) electrons. The molecular formula is C20H24FN5O2S. The molecule has 2 fully saturated rings. The van der Waals surface area contributed by atoms with Crippen LogP contribution in [-0.2, 0) is 4.74 Å². The van der Waals surface area contributed by atoms with Crippen LogP contribution < -0.4 is 15.5 Å². The minimum Gasteiger partial charge on any atom is -0.442 e. The molecule has 2 saturated heterocycles. The highest BCUT2D eigenvalue weighted by molar-refractivity contribution is 7.80. The number of ether oxygens (including phenoxy) is 1. The summed E-state index contributed by atoms with van der Waals surface area (Å²) >= 11 is 4.90. The summed E-state index contributed by atoms with van der Waals surface area (Å²) in [5, 5.41) is 9.08. The van der Waals surface area contributed by atoms with Gasteiger partial charge in [0, 0.05) is 26.2 Å². The zero-order chi connectivity index (χ0) is 21.1. The van der Waals surface area contributed by atoms with Gasteiger partial charge in [0.2, 0.25) is 0 Å². The van der Waals surface area contributed by atoms with Crippen molar-refractivity contribution in [2.24, 2.45) is 11.7 Å². The Hall–Kier alpha value is -2.86. The molecule has 1 amide bonds. The third-order valence-corrected chi connectivity index (χ3v) is 5.67. The summed E-state index contributed by atoms with van der Waals surface area (Å²) in [6.45, 7) is 4.00. The van der Waals surface area contributed by atoms with E-state index >= 15 is 0 Å². The quantitative estimate of drug-likeness (QED) is 0.595. The molecule has 1 aromatic carbocycles. The first kappa shape index (κ1) is 20.9. The molecule has 2 heterocycles. The number of nitrogens with zero attached hydrogens (tertiary/aromatic N) is 4. The number of halogens is 1. The summed E-state index contributed by atoms with van der Waals surface area (Å²) in [4.78, 5) is 17.2. The molecule has 0 saturated carbocycles. The molecule has 29 heavy (non-hydrogen) atoms. The molecule has 0 bridgehead atoms.